The van der Waals surface area contributed by atoms with E-state index in [0.29, 0.717) is 11.5 Å². The normalized spacial score (nSPS) is 12.8. The summed E-state index contributed by atoms with van der Waals surface area (Å²) in [6.45, 7) is 8.16. The summed E-state index contributed by atoms with van der Waals surface area (Å²) in [5.74, 6) is 0.137. The van der Waals surface area contributed by atoms with Crippen molar-refractivity contribution in [2.75, 3.05) is 59.2 Å². The zero-order chi connectivity index (χ0) is 39.4. The van der Waals surface area contributed by atoms with Gasteiger partial charge >= 0.3 is 11.9 Å². The van der Waals surface area contributed by atoms with E-state index in [-0.39, 0.29) is 50.4 Å². The van der Waals surface area contributed by atoms with Gasteiger partial charge in [-0.15, -0.1) is 0 Å². The van der Waals surface area contributed by atoms with E-state index in [2.05, 4.69) is 27.7 Å². The van der Waals surface area contributed by atoms with E-state index in [0.717, 1.165) is 87.2 Å². The lowest BCUT2D eigenvalue weighted by Gasteiger charge is -2.39. The van der Waals surface area contributed by atoms with E-state index in [1.807, 2.05) is 0 Å². The average molecular weight is 823 g/mol. The number of thioether (sulfide) groups is 4. The summed E-state index contributed by atoms with van der Waals surface area (Å²) < 4.78 is 11.7. The molecule has 12 heteroatoms. The molecule has 0 spiro atoms. The number of carbonyl (C=O) groups excluding carboxylic acids is 4. The lowest BCUT2D eigenvalue weighted by molar-refractivity contribution is -0.312. The Bertz CT molecular complexity index is 850. The van der Waals surface area contributed by atoms with Gasteiger partial charge in [0, 0.05) is 52.2 Å². The Hall–Kier alpha value is -0.720. The average Bonchev–Trinajstić information content (AvgIpc) is 3.13. The molecule has 0 heterocycles. The molecule has 0 saturated carbocycles. The Balaban J connectivity index is 6.04. The van der Waals surface area contributed by atoms with Crippen LogP contribution < -0.4 is 10.2 Å². The number of unbranched alkanes of at least 4 members (excludes halogenated alkanes) is 12. The molecular weight excluding hydrogens is 749 g/mol. The van der Waals surface area contributed by atoms with Crippen LogP contribution in [0.4, 0.5) is 0 Å². The van der Waals surface area contributed by atoms with Crippen LogP contribution in [0.3, 0.4) is 0 Å². The number of hydrogen-bond acceptors (Lipinski definition) is 12. The third-order valence-electron chi connectivity index (χ3n) is 9.21. The molecule has 0 aliphatic carbocycles. The summed E-state index contributed by atoms with van der Waals surface area (Å²) >= 11 is 6.50. The highest BCUT2D eigenvalue weighted by Gasteiger charge is 2.39. The first-order valence-electron chi connectivity index (χ1n) is 20.7. The number of ether oxygens (including phenoxy) is 2. The predicted molar refractivity (Wildman–Crippen MR) is 226 cm³/mol. The quantitative estimate of drug-likeness (QED) is 0.0433. The fraction of sp³-hybridized carbons (Fsp3) is 0.902. The molecule has 0 aromatic carbocycles. The maximum Gasteiger partial charge on any atom is 0.306 e. The Morgan fingerprint density at radius 3 is 1.09 bits per heavy atom. The smallest absolute Gasteiger partial charge is 0.306 e. The van der Waals surface area contributed by atoms with Crippen LogP contribution in [-0.4, -0.2) is 83.1 Å². The zero-order valence-corrected chi connectivity index (χ0v) is 37.0. The van der Waals surface area contributed by atoms with E-state index >= 15 is 0 Å². The Labute approximate surface area is 340 Å². The van der Waals surface area contributed by atoms with Gasteiger partial charge in [-0.25, -0.2) is 0 Å². The fourth-order valence-electron chi connectivity index (χ4n) is 5.93. The minimum Gasteiger partial charge on any atom is -0.550 e. The molecule has 0 radical (unpaired) electrons. The highest BCUT2D eigenvalue weighted by atomic mass is 32.2. The Kier molecular flexibility index (Phi) is 36.4. The van der Waals surface area contributed by atoms with E-state index in [1.54, 1.807) is 47.0 Å². The van der Waals surface area contributed by atoms with Crippen LogP contribution in [0, 0.1) is 17.3 Å². The molecule has 312 valence electrons. The molecule has 0 rings (SSSR count). The molecule has 0 fully saturated rings. The molecule has 0 N–H and O–H groups in total. The SMILES string of the molecule is CCCCCCSCCC(=O)OCC(COC(=O)CCSCCCCCC)(CC(CSCCCCCC)C(=O)[O-])CC(CSCCCCCC)C(=O)[O-]. The maximum absolute atomic E-state index is 13.1. The number of carboxylic acid groups (broad SMARTS) is 2. The van der Waals surface area contributed by atoms with Crippen LogP contribution in [0.2, 0.25) is 0 Å². The number of carboxylic acids is 2. The third kappa shape index (κ3) is 31.1. The maximum atomic E-state index is 13.1. The van der Waals surface area contributed by atoms with E-state index in [4.69, 9.17) is 9.47 Å². The molecule has 0 bridgehead atoms. The second-order valence-corrected chi connectivity index (χ2v) is 19.1. The van der Waals surface area contributed by atoms with Crippen molar-refractivity contribution in [1.29, 1.82) is 0 Å². The van der Waals surface area contributed by atoms with Gasteiger partial charge in [0.05, 0.1) is 12.8 Å². The molecule has 0 aromatic heterocycles. The van der Waals surface area contributed by atoms with Gasteiger partial charge in [0.1, 0.15) is 13.2 Å². The van der Waals surface area contributed by atoms with Gasteiger partial charge in [-0.2, -0.15) is 47.0 Å². The molecule has 2 atom stereocenters. The summed E-state index contributed by atoms with van der Waals surface area (Å²) in [6, 6.07) is 0. The van der Waals surface area contributed by atoms with Gasteiger partial charge in [-0.1, -0.05) is 105 Å². The van der Waals surface area contributed by atoms with Crippen molar-refractivity contribution < 1.29 is 38.9 Å². The number of aliphatic carboxylic acids is 2. The van der Waals surface area contributed by atoms with Crippen molar-refractivity contribution in [3.05, 3.63) is 0 Å². The third-order valence-corrected chi connectivity index (χ3v) is 13.8. The molecule has 2 unspecified atom stereocenters. The van der Waals surface area contributed by atoms with Crippen molar-refractivity contribution in [3.63, 3.8) is 0 Å². The number of esters is 2. The molecule has 8 nitrogen and oxygen atoms in total. The van der Waals surface area contributed by atoms with Crippen molar-refractivity contribution in [1.82, 2.24) is 0 Å². The predicted octanol–water partition coefficient (Wildman–Crippen LogP) is 8.61. The van der Waals surface area contributed by atoms with Crippen LogP contribution in [0.1, 0.15) is 156 Å². The van der Waals surface area contributed by atoms with Gasteiger partial charge in [-0.05, 0) is 61.5 Å². The second kappa shape index (κ2) is 36.9. The van der Waals surface area contributed by atoms with Crippen molar-refractivity contribution in [2.24, 2.45) is 17.3 Å². The lowest BCUT2D eigenvalue weighted by atomic mass is 9.74. The number of hydrogen-bond donors (Lipinski definition) is 0. The van der Waals surface area contributed by atoms with Gasteiger partial charge in [0.25, 0.3) is 0 Å². The number of carbonyl (C=O) groups is 4. The topological polar surface area (TPSA) is 133 Å². The van der Waals surface area contributed by atoms with Gasteiger partial charge in [0.2, 0.25) is 0 Å². The summed E-state index contributed by atoms with van der Waals surface area (Å²) in [5, 5.41) is 25.2. The van der Waals surface area contributed by atoms with Crippen LogP contribution in [0.15, 0.2) is 0 Å². The van der Waals surface area contributed by atoms with Crippen LogP contribution in [-0.2, 0) is 28.7 Å². The first-order chi connectivity index (χ1) is 25.6. The molecule has 0 aliphatic heterocycles. The van der Waals surface area contributed by atoms with E-state index < -0.39 is 41.1 Å². The lowest BCUT2D eigenvalue weighted by Crippen LogP contribution is -2.46. The molecule has 0 aliphatic rings. The minimum absolute atomic E-state index is 0.0266. The first kappa shape index (κ1) is 52.3. The van der Waals surface area contributed by atoms with Crippen molar-refractivity contribution in [3.8, 4) is 0 Å². The minimum atomic E-state index is -1.23. The van der Waals surface area contributed by atoms with Crippen LogP contribution in [0.5, 0.6) is 0 Å². The summed E-state index contributed by atoms with van der Waals surface area (Å²) in [4.78, 5) is 51.3. The van der Waals surface area contributed by atoms with Gasteiger partial charge in [0.15, 0.2) is 0 Å². The zero-order valence-electron chi connectivity index (χ0n) is 33.8. The highest BCUT2D eigenvalue weighted by molar-refractivity contribution is 7.99. The molecule has 0 saturated heterocycles. The molecule has 0 amide bonds. The second-order valence-electron chi connectivity index (χ2n) is 14.4. The Morgan fingerprint density at radius 2 is 0.792 bits per heavy atom. The van der Waals surface area contributed by atoms with E-state index in [1.165, 1.54) is 38.5 Å². The summed E-state index contributed by atoms with van der Waals surface area (Å²) in [6.07, 6.45) is 18.2. The summed E-state index contributed by atoms with van der Waals surface area (Å²) in [5.41, 5.74) is -1.23. The molecule has 53 heavy (non-hydrogen) atoms. The van der Waals surface area contributed by atoms with Crippen LogP contribution in [0.25, 0.3) is 0 Å². The van der Waals surface area contributed by atoms with Crippen molar-refractivity contribution >= 4 is 70.9 Å². The monoisotopic (exact) mass is 822 g/mol. The number of rotatable bonds is 40. The standard InChI is InChI=1S/C41H76O8S4/c1-5-9-13-17-23-50-27-21-37(42)48-33-41(29-35(39(44)45)31-52-25-19-15-11-7-3,30-36(40(46)47)32-53-26-20-16-12-8-4)34-49-38(43)22-28-51-24-18-14-10-6-2/h35-36H,5-34H2,1-4H3,(H,44,45)(H,46,47)/p-2. The molecular formula is C41H74O8S4-2. The van der Waals surface area contributed by atoms with Crippen molar-refractivity contribution in [2.45, 2.75) is 156 Å². The largest absolute Gasteiger partial charge is 0.550 e. The highest BCUT2D eigenvalue weighted by Crippen LogP contribution is 2.38. The fourth-order valence-corrected chi connectivity index (χ4v) is 10.0. The molecule has 0 aromatic rings. The van der Waals surface area contributed by atoms with Gasteiger partial charge in [-0.3, -0.25) is 9.59 Å². The Morgan fingerprint density at radius 1 is 0.472 bits per heavy atom. The first-order valence-corrected chi connectivity index (χ1v) is 25.3. The summed E-state index contributed by atoms with van der Waals surface area (Å²) in [7, 11) is 0. The van der Waals surface area contributed by atoms with Gasteiger partial charge < -0.3 is 29.3 Å². The van der Waals surface area contributed by atoms with E-state index in [9.17, 15) is 29.4 Å². The van der Waals surface area contributed by atoms with Crippen LogP contribution >= 0.6 is 47.0 Å².